The van der Waals surface area contributed by atoms with E-state index >= 15 is 0 Å². The van der Waals surface area contributed by atoms with Gasteiger partial charge in [0.15, 0.2) is 0 Å². The molecule has 0 aliphatic heterocycles. The molecule has 0 spiro atoms. The molecule has 0 unspecified atom stereocenters. The molecule has 122 valence electrons. The predicted octanol–water partition coefficient (Wildman–Crippen LogP) is 3.98. The minimum atomic E-state index is -0.201. The molecule has 0 saturated carbocycles. The Bertz CT molecular complexity index is 1040. The zero-order chi connectivity index (χ0) is 17.2. The number of aromatic hydroxyl groups is 1. The highest BCUT2D eigenvalue weighted by Crippen LogP contribution is 2.27. The molecule has 0 bridgehead atoms. The SMILES string of the molecule is O=C(Nc1cccc2ccc(O)cc12)c1ccc(-n2ccnc2)cc1. The summed E-state index contributed by atoms with van der Waals surface area (Å²) in [6, 6.07) is 18.0. The van der Waals surface area contributed by atoms with Crippen molar-refractivity contribution < 1.29 is 9.90 Å². The van der Waals surface area contributed by atoms with Crippen molar-refractivity contribution in [2.75, 3.05) is 5.32 Å². The molecule has 4 aromatic rings. The lowest BCUT2D eigenvalue weighted by molar-refractivity contribution is 0.102. The number of aromatic nitrogens is 2. The van der Waals surface area contributed by atoms with E-state index in [1.165, 1.54) is 0 Å². The number of phenols is 1. The van der Waals surface area contributed by atoms with Gasteiger partial charge in [0.05, 0.1) is 6.33 Å². The summed E-state index contributed by atoms with van der Waals surface area (Å²) < 4.78 is 1.87. The van der Waals surface area contributed by atoms with E-state index < -0.39 is 0 Å². The third kappa shape index (κ3) is 2.95. The summed E-state index contributed by atoms with van der Waals surface area (Å²) in [6.07, 6.45) is 5.26. The summed E-state index contributed by atoms with van der Waals surface area (Å²) in [6.45, 7) is 0. The van der Waals surface area contributed by atoms with Gasteiger partial charge in [-0.25, -0.2) is 4.98 Å². The minimum absolute atomic E-state index is 0.166. The Kier molecular flexibility index (Phi) is 3.67. The van der Waals surface area contributed by atoms with E-state index in [1.807, 2.05) is 47.2 Å². The number of nitrogens with one attached hydrogen (secondary N) is 1. The van der Waals surface area contributed by atoms with Crippen LogP contribution in [0.5, 0.6) is 5.75 Å². The third-order valence-corrected chi connectivity index (χ3v) is 4.05. The third-order valence-electron chi connectivity index (χ3n) is 4.05. The number of anilines is 1. The van der Waals surface area contributed by atoms with Crippen molar-refractivity contribution in [3.63, 3.8) is 0 Å². The maximum Gasteiger partial charge on any atom is 0.255 e. The number of benzene rings is 3. The van der Waals surface area contributed by atoms with Crippen LogP contribution in [0.4, 0.5) is 5.69 Å². The van der Waals surface area contributed by atoms with Gasteiger partial charge in [0, 0.05) is 34.7 Å². The average Bonchev–Trinajstić information content (AvgIpc) is 3.17. The minimum Gasteiger partial charge on any atom is -0.508 e. The van der Waals surface area contributed by atoms with Gasteiger partial charge in [0.2, 0.25) is 0 Å². The molecule has 0 radical (unpaired) electrons. The fraction of sp³-hybridized carbons (Fsp3) is 0. The molecule has 25 heavy (non-hydrogen) atoms. The highest BCUT2D eigenvalue weighted by atomic mass is 16.3. The lowest BCUT2D eigenvalue weighted by Crippen LogP contribution is -2.12. The Hall–Kier alpha value is -3.60. The van der Waals surface area contributed by atoms with Gasteiger partial charge in [-0.05, 0) is 47.9 Å². The standard InChI is InChI=1S/C20H15N3O2/c24-17-9-6-14-2-1-3-19(18(14)12-17)22-20(25)15-4-7-16(8-5-15)23-11-10-21-13-23/h1-13,24H,(H,22,25). The van der Waals surface area contributed by atoms with Gasteiger partial charge in [-0.3, -0.25) is 4.79 Å². The highest BCUT2D eigenvalue weighted by Gasteiger charge is 2.09. The summed E-state index contributed by atoms with van der Waals surface area (Å²) in [4.78, 5) is 16.6. The molecule has 0 saturated heterocycles. The van der Waals surface area contributed by atoms with E-state index in [1.54, 1.807) is 36.8 Å². The topological polar surface area (TPSA) is 67.2 Å². The number of fused-ring (bicyclic) bond motifs is 1. The molecule has 1 aromatic heterocycles. The van der Waals surface area contributed by atoms with Crippen molar-refractivity contribution in [2.45, 2.75) is 0 Å². The number of hydrogen-bond donors (Lipinski definition) is 2. The molecule has 5 nitrogen and oxygen atoms in total. The smallest absolute Gasteiger partial charge is 0.255 e. The van der Waals surface area contributed by atoms with Crippen LogP contribution in [0, 0.1) is 0 Å². The zero-order valence-electron chi connectivity index (χ0n) is 13.3. The second kappa shape index (κ2) is 6.13. The number of nitrogens with zero attached hydrogens (tertiary/aromatic N) is 2. The number of phenolic OH excluding ortho intramolecular Hbond substituents is 1. The fourth-order valence-electron chi connectivity index (χ4n) is 2.76. The second-order valence-electron chi connectivity index (χ2n) is 5.68. The largest absolute Gasteiger partial charge is 0.508 e. The van der Waals surface area contributed by atoms with Crippen LogP contribution in [-0.4, -0.2) is 20.6 Å². The second-order valence-corrected chi connectivity index (χ2v) is 5.68. The number of carbonyl (C=O) groups excluding carboxylic acids is 1. The fourth-order valence-corrected chi connectivity index (χ4v) is 2.76. The Labute approximate surface area is 144 Å². The predicted molar refractivity (Wildman–Crippen MR) is 97.1 cm³/mol. The summed E-state index contributed by atoms with van der Waals surface area (Å²) in [5, 5.41) is 14.4. The first-order chi connectivity index (χ1) is 12.2. The molecular formula is C20H15N3O2. The molecule has 1 amide bonds. The van der Waals surface area contributed by atoms with E-state index in [4.69, 9.17) is 0 Å². The first-order valence-electron chi connectivity index (χ1n) is 7.82. The Morgan fingerprint density at radius 2 is 1.88 bits per heavy atom. The number of hydrogen-bond acceptors (Lipinski definition) is 3. The molecule has 0 aliphatic rings. The summed E-state index contributed by atoms with van der Waals surface area (Å²) in [5.41, 5.74) is 2.15. The van der Waals surface area contributed by atoms with E-state index in [9.17, 15) is 9.90 Å². The van der Waals surface area contributed by atoms with Gasteiger partial charge in [-0.1, -0.05) is 18.2 Å². The maximum absolute atomic E-state index is 12.5. The van der Waals surface area contributed by atoms with Crippen molar-refractivity contribution in [1.82, 2.24) is 9.55 Å². The molecule has 5 heteroatoms. The Morgan fingerprint density at radius 1 is 1.04 bits per heavy atom. The average molecular weight is 329 g/mol. The number of rotatable bonds is 3. The molecule has 0 aliphatic carbocycles. The highest BCUT2D eigenvalue weighted by molar-refractivity contribution is 6.09. The van der Waals surface area contributed by atoms with Crippen LogP contribution in [0.3, 0.4) is 0 Å². The maximum atomic E-state index is 12.5. The van der Waals surface area contributed by atoms with E-state index in [-0.39, 0.29) is 11.7 Å². The van der Waals surface area contributed by atoms with Crippen molar-refractivity contribution in [2.24, 2.45) is 0 Å². The molecule has 4 rings (SSSR count). The van der Waals surface area contributed by atoms with Gasteiger partial charge in [-0.2, -0.15) is 0 Å². The lowest BCUT2D eigenvalue weighted by atomic mass is 10.1. The summed E-state index contributed by atoms with van der Waals surface area (Å²) in [7, 11) is 0. The number of amides is 1. The molecule has 0 fully saturated rings. The lowest BCUT2D eigenvalue weighted by Gasteiger charge is -2.10. The monoisotopic (exact) mass is 329 g/mol. The van der Waals surface area contributed by atoms with Crippen LogP contribution in [0.15, 0.2) is 79.4 Å². The molecule has 2 N–H and O–H groups in total. The quantitative estimate of drug-likeness (QED) is 0.597. The zero-order valence-corrected chi connectivity index (χ0v) is 13.3. The molecule has 0 atom stereocenters. The van der Waals surface area contributed by atoms with Gasteiger partial charge in [0.1, 0.15) is 5.75 Å². The first kappa shape index (κ1) is 15.0. The summed E-state index contributed by atoms with van der Waals surface area (Å²) >= 11 is 0. The van der Waals surface area contributed by atoms with Crippen LogP contribution >= 0.6 is 0 Å². The van der Waals surface area contributed by atoms with Crippen LogP contribution < -0.4 is 5.32 Å². The van der Waals surface area contributed by atoms with Crippen LogP contribution in [0.1, 0.15) is 10.4 Å². The molecule has 3 aromatic carbocycles. The van der Waals surface area contributed by atoms with Crippen molar-refractivity contribution in [3.8, 4) is 11.4 Å². The van der Waals surface area contributed by atoms with Gasteiger partial charge >= 0.3 is 0 Å². The molecule has 1 heterocycles. The van der Waals surface area contributed by atoms with E-state index in [0.29, 0.717) is 11.3 Å². The Balaban J connectivity index is 1.61. The van der Waals surface area contributed by atoms with Crippen LogP contribution in [0.25, 0.3) is 16.5 Å². The van der Waals surface area contributed by atoms with Crippen LogP contribution in [-0.2, 0) is 0 Å². The number of carbonyl (C=O) groups is 1. The van der Waals surface area contributed by atoms with Crippen molar-refractivity contribution in [3.05, 3.63) is 84.9 Å². The normalized spacial score (nSPS) is 10.7. The summed E-state index contributed by atoms with van der Waals surface area (Å²) in [5.74, 6) is -0.0353. The number of imidazole rings is 1. The molecular weight excluding hydrogens is 314 g/mol. The van der Waals surface area contributed by atoms with Crippen molar-refractivity contribution >= 4 is 22.4 Å². The van der Waals surface area contributed by atoms with E-state index in [2.05, 4.69) is 10.3 Å². The van der Waals surface area contributed by atoms with Crippen LogP contribution in [0.2, 0.25) is 0 Å². The van der Waals surface area contributed by atoms with Crippen molar-refractivity contribution in [1.29, 1.82) is 0 Å². The Morgan fingerprint density at radius 3 is 2.64 bits per heavy atom. The van der Waals surface area contributed by atoms with Gasteiger partial charge in [0.25, 0.3) is 5.91 Å². The van der Waals surface area contributed by atoms with Gasteiger partial charge in [-0.15, -0.1) is 0 Å². The van der Waals surface area contributed by atoms with E-state index in [0.717, 1.165) is 16.5 Å². The first-order valence-corrected chi connectivity index (χ1v) is 7.82. The van der Waals surface area contributed by atoms with Gasteiger partial charge < -0.3 is 15.0 Å².